The second-order valence-electron chi connectivity index (χ2n) is 5.07. The minimum atomic E-state index is 0.137. The standard InChI is InChI=1S/C14H18N2O/c1-15-14(9-2-3-9)11-4-6-12-10(8-11)5-7-13(17)16-12/h4,6,8-9,14-15H,2-3,5,7H2,1H3,(H,16,17). The minimum Gasteiger partial charge on any atom is -0.326 e. The average Bonchev–Trinajstić information content (AvgIpc) is 3.15. The Morgan fingerprint density at radius 3 is 2.88 bits per heavy atom. The molecule has 90 valence electrons. The summed E-state index contributed by atoms with van der Waals surface area (Å²) in [6, 6.07) is 6.94. The molecule has 1 aliphatic carbocycles. The molecule has 3 heteroatoms. The number of hydrogen-bond donors (Lipinski definition) is 2. The Morgan fingerprint density at radius 1 is 1.35 bits per heavy atom. The first kappa shape index (κ1) is 10.8. The molecule has 3 nitrogen and oxygen atoms in total. The highest BCUT2D eigenvalue weighted by molar-refractivity contribution is 5.93. The Morgan fingerprint density at radius 2 is 2.18 bits per heavy atom. The molecular formula is C14H18N2O. The maximum atomic E-state index is 11.3. The molecule has 1 fully saturated rings. The van der Waals surface area contributed by atoms with Crippen LogP contribution in [-0.2, 0) is 11.2 Å². The van der Waals surface area contributed by atoms with Gasteiger partial charge in [-0.3, -0.25) is 4.79 Å². The van der Waals surface area contributed by atoms with Crippen LogP contribution in [0.15, 0.2) is 18.2 Å². The number of carbonyl (C=O) groups excluding carboxylic acids is 1. The van der Waals surface area contributed by atoms with Crippen LogP contribution >= 0.6 is 0 Å². The topological polar surface area (TPSA) is 41.1 Å². The lowest BCUT2D eigenvalue weighted by Gasteiger charge is -2.21. The number of nitrogens with one attached hydrogen (secondary N) is 2. The van der Waals surface area contributed by atoms with Gasteiger partial charge in [-0.1, -0.05) is 12.1 Å². The number of amides is 1. The van der Waals surface area contributed by atoms with Gasteiger partial charge in [0.15, 0.2) is 0 Å². The quantitative estimate of drug-likeness (QED) is 0.836. The Bertz CT molecular complexity index is 452. The predicted octanol–water partition coefficient (Wildman–Crippen LogP) is 2.24. The molecule has 1 aromatic rings. The van der Waals surface area contributed by atoms with Gasteiger partial charge in [0.05, 0.1) is 0 Å². The number of hydrogen-bond acceptors (Lipinski definition) is 2. The van der Waals surface area contributed by atoms with Gasteiger partial charge in [0.25, 0.3) is 0 Å². The van der Waals surface area contributed by atoms with Crippen molar-refractivity contribution >= 4 is 11.6 Å². The molecule has 2 aliphatic rings. The number of carbonyl (C=O) groups is 1. The summed E-state index contributed by atoms with van der Waals surface area (Å²) in [5.41, 5.74) is 3.64. The van der Waals surface area contributed by atoms with E-state index in [0.717, 1.165) is 18.0 Å². The zero-order chi connectivity index (χ0) is 11.8. The Labute approximate surface area is 102 Å². The summed E-state index contributed by atoms with van der Waals surface area (Å²) in [5, 5.41) is 6.34. The molecule has 1 unspecified atom stereocenters. The summed E-state index contributed by atoms with van der Waals surface area (Å²) >= 11 is 0. The molecule has 17 heavy (non-hydrogen) atoms. The van der Waals surface area contributed by atoms with E-state index < -0.39 is 0 Å². The van der Waals surface area contributed by atoms with Crippen LogP contribution in [0.3, 0.4) is 0 Å². The zero-order valence-electron chi connectivity index (χ0n) is 10.1. The fraction of sp³-hybridized carbons (Fsp3) is 0.500. The van der Waals surface area contributed by atoms with Crippen molar-refractivity contribution in [3.05, 3.63) is 29.3 Å². The van der Waals surface area contributed by atoms with E-state index in [-0.39, 0.29) is 5.91 Å². The van der Waals surface area contributed by atoms with Gasteiger partial charge in [0.1, 0.15) is 0 Å². The van der Waals surface area contributed by atoms with E-state index >= 15 is 0 Å². The number of fused-ring (bicyclic) bond motifs is 1. The average molecular weight is 230 g/mol. The van der Waals surface area contributed by atoms with Crippen LogP contribution in [-0.4, -0.2) is 13.0 Å². The number of benzene rings is 1. The second kappa shape index (κ2) is 4.15. The second-order valence-corrected chi connectivity index (χ2v) is 5.07. The van der Waals surface area contributed by atoms with Crippen LogP contribution in [0, 0.1) is 5.92 Å². The molecule has 0 bridgehead atoms. The van der Waals surface area contributed by atoms with Crippen molar-refractivity contribution in [3.63, 3.8) is 0 Å². The summed E-state index contributed by atoms with van der Waals surface area (Å²) < 4.78 is 0. The maximum Gasteiger partial charge on any atom is 0.224 e. The van der Waals surface area contributed by atoms with E-state index in [1.807, 2.05) is 7.05 Å². The van der Waals surface area contributed by atoms with Crippen LogP contribution in [0.1, 0.15) is 36.4 Å². The van der Waals surface area contributed by atoms with Gasteiger partial charge in [-0.25, -0.2) is 0 Å². The first-order chi connectivity index (χ1) is 8.28. The molecular weight excluding hydrogens is 212 g/mol. The smallest absolute Gasteiger partial charge is 0.224 e. The molecule has 0 spiro atoms. The Balaban J connectivity index is 1.89. The van der Waals surface area contributed by atoms with Crippen LogP contribution in [0.4, 0.5) is 5.69 Å². The SMILES string of the molecule is CNC(c1ccc2c(c1)CCC(=O)N2)C1CC1. The third-order valence-electron chi connectivity index (χ3n) is 3.79. The van der Waals surface area contributed by atoms with Gasteiger partial charge >= 0.3 is 0 Å². The van der Waals surface area contributed by atoms with Crippen molar-refractivity contribution in [2.75, 3.05) is 12.4 Å². The van der Waals surface area contributed by atoms with E-state index in [1.165, 1.54) is 24.0 Å². The summed E-state index contributed by atoms with van der Waals surface area (Å²) in [7, 11) is 2.03. The van der Waals surface area contributed by atoms with E-state index in [0.29, 0.717) is 12.5 Å². The van der Waals surface area contributed by atoms with E-state index in [4.69, 9.17) is 0 Å². The summed E-state index contributed by atoms with van der Waals surface area (Å²) in [5.74, 6) is 0.939. The fourth-order valence-electron chi connectivity index (χ4n) is 2.70. The molecule has 2 N–H and O–H groups in total. The van der Waals surface area contributed by atoms with Gasteiger partial charge < -0.3 is 10.6 Å². The van der Waals surface area contributed by atoms with Crippen molar-refractivity contribution in [2.24, 2.45) is 5.92 Å². The van der Waals surface area contributed by atoms with E-state index in [9.17, 15) is 4.79 Å². The number of anilines is 1. The first-order valence-corrected chi connectivity index (χ1v) is 6.38. The third kappa shape index (κ3) is 2.07. The van der Waals surface area contributed by atoms with Crippen molar-refractivity contribution in [2.45, 2.75) is 31.7 Å². The van der Waals surface area contributed by atoms with Crippen molar-refractivity contribution in [3.8, 4) is 0 Å². The van der Waals surface area contributed by atoms with E-state index in [2.05, 4.69) is 28.8 Å². The summed E-state index contributed by atoms with van der Waals surface area (Å²) in [6.45, 7) is 0. The molecule has 1 saturated carbocycles. The Kier molecular flexibility index (Phi) is 2.63. The highest BCUT2D eigenvalue weighted by Gasteiger charge is 2.31. The van der Waals surface area contributed by atoms with Crippen LogP contribution < -0.4 is 10.6 Å². The number of rotatable bonds is 3. The minimum absolute atomic E-state index is 0.137. The summed E-state index contributed by atoms with van der Waals surface area (Å²) in [6.07, 6.45) is 4.15. The van der Waals surface area contributed by atoms with E-state index in [1.54, 1.807) is 0 Å². The van der Waals surface area contributed by atoms with Gasteiger partial charge in [-0.05, 0) is 49.4 Å². The molecule has 0 aromatic heterocycles. The lowest BCUT2D eigenvalue weighted by molar-refractivity contribution is -0.116. The molecule has 3 rings (SSSR count). The van der Waals surface area contributed by atoms with Crippen molar-refractivity contribution in [1.29, 1.82) is 0 Å². The lowest BCUT2D eigenvalue weighted by Crippen LogP contribution is -2.21. The van der Waals surface area contributed by atoms with Gasteiger partial charge in [0, 0.05) is 18.2 Å². The molecule has 0 radical (unpaired) electrons. The first-order valence-electron chi connectivity index (χ1n) is 6.38. The molecule has 1 aromatic carbocycles. The van der Waals surface area contributed by atoms with Gasteiger partial charge in [0.2, 0.25) is 5.91 Å². The predicted molar refractivity (Wildman–Crippen MR) is 67.9 cm³/mol. The highest BCUT2D eigenvalue weighted by atomic mass is 16.1. The van der Waals surface area contributed by atoms with Crippen molar-refractivity contribution < 1.29 is 4.79 Å². The van der Waals surface area contributed by atoms with Crippen LogP contribution in [0.2, 0.25) is 0 Å². The van der Waals surface area contributed by atoms with Gasteiger partial charge in [-0.15, -0.1) is 0 Å². The molecule has 1 aliphatic heterocycles. The fourth-order valence-corrected chi connectivity index (χ4v) is 2.70. The maximum absolute atomic E-state index is 11.3. The lowest BCUT2D eigenvalue weighted by atomic mass is 9.95. The van der Waals surface area contributed by atoms with Crippen molar-refractivity contribution in [1.82, 2.24) is 5.32 Å². The monoisotopic (exact) mass is 230 g/mol. The third-order valence-corrected chi connectivity index (χ3v) is 3.79. The molecule has 1 amide bonds. The summed E-state index contributed by atoms with van der Waals surface area (Å²) in [4.78, 5) is 11.3. The highest BCUT2D eigenvalue weighted by Crippen LogP contribution is 2.41. The zero-order valence-corrected chi connectivity index (χ0v) is 10.1. The van der Waals surface area contributed by atoms with Crippen LogP contribution in [0.5, 0.6) is 0 Å². The molecule has 1 heterocycles. The normalized spacial score (nSPS) is 20.6. The Hall–Kier alpha value is -1.35. The molecule has 1 atom stereocenters. The van der Waals surface area contributed by atoms with Gasteiger partial charge in [-0.2, -0.15) is 0 Å². The van der Waals surface area contributed by atoms with Crippen LogP contribution in [0.25, 0.3) is 0 Å². The largest absolute Gasteiger partial charge is 0.326 e. The molecule has 0 saturated heterocycles. The number of aryl methyl sites for hydroxylation is 1.